The fourth-order valence-electron chi connectivity index (χ4n) is 1.91. The topological polar surface area (TPSA) is 37.3 Å². The predicted octanol–water partition coefficient (Wildman–Crippen LogP) is 4.22. The van der Waals surface area contributed by atoms with E-state index in [1.54, 1.807) is 0 Å². The lowest BCUT2D eigenvalue weighted by Gasteiger charge is -2.27. The van der Waals surface area contributed by atoms with E-state index in [1.165, 1.54) is 0 Å². The molecule has 0 aliphatic heterocycles. The highest BCUT2D eigenvalue weighted by Gasteiger charge is 2.25. The number of Topliss-reactive ketones (excluding diaryl/α,β-unsaturated/α-hetero) is 1. The molecule has 0 spiro atoms. The van der Waals surface area contributed by atoms with Crippen molar-refractivity contribution < 1.29 is 9.90 Å². The number of alkyl halides is 1. The van der Waals surface area contributed by atoms with Crippen LogP contribution in [-0.4, -0.2) is 22.3 Å². The molecule has 0 saturated carbocycles. The summed E-state index contributed by atoms with van der Waals surface area (Å²) in [5.74, 6) is 0.0751. The number of carbonyl (C=O) groups is 1. The van der Waals surface area contributed by atoms with Gasteiger partial charge in [-0.2, -0.15) is 0 Å². The molecule has 1 aromatic carbocycles. The Morgan fingerprint density at radius 3 is 2.05 bits per heavy atom. The molecule has 0 saturated heterocycles. The van der Waals surface area contributed by atoms with Crippen LogP contribution in [0.5, 0.6) is 0 Å². The van der Waals surface area contributed by atoms with Gasteiger partial charge in [-0.05, 0) is 35.6 Å². The van der Waals surface area contributed by atoms with Gasteiger partial charge in [-0.25, -0.2) is 0 Å². The van der Waals surface area contributed by atoms with Crippen LogP contribution in [0.3, 0.4) is 0 Å². The van der Waals surface area contributed by atoms with Crippen molar-refractivity contribution in [2.75, 3.05) is 6.61 Å². The van der Waals surface area contributed by atoms with E-state index in [4.69, 9.17) is 0 Å². The Balaban J connectivity index is 3.48. The lowest BCUT2D eigenvalue weighted by Crippen LogP contribution is -2.25. The van der Waals surface area contributed by atoms with E-state index >= 15 is 0 Å². The van der Waals surface area contributed by atoms with Crippen molar-refractivity contribution >= 4 is 21.7 Å². The van der Waals surface area contributed by atoms with E-state index in [-0.39, 0.29) is 28.0 Å². The van der Waals surface area contributed by atoms with E-state index in [2.05, 4.69) is 42.8 Å². The van der Waals surface area contributed by atoms with Crippen LogP contribution >= 0.6 is 15.9 Å². The molecule has 3 heteroatoms. The molecule has 0 fully saturated rings. The maximum absolute atomic E-state index is 12.3. The molecule has 0 amide bonds. The smallest absolute Gasteiger partial charge is 0.176 e. The van der Waals surface area contributed by atoms with E-state index in [0.29, 0.717) is 5.56 Å². The van der Waals surface area contributed by atoms with Gasteiger partial charge >= 0.3 is 0 Å². The van der Waals surface area contributed by atoms with E-state index in [1.807, 2.05) is 32.9 Å². The van der Waals surface area contributed by atoms with Gasteiger partial charge in [0.2, 0.25) is 0 Å². The highest BCUT2D eigenvalue weighted by Crippen LogP contribution is 2.31. The van der Waals surface area contributed by atoms with Gasteiger partial charge < -0.3 is 5.11 Å². The van der Waals surface area contributed by atoms with Crippen LogP contribution < -0.4 is 0 Å². The van der Waals surface area contributed by atoms with Crippen molar-refractivity contribution in [1.82, 2.24) is 0 Å². The van der Waals surface area contributed by atoms with Crippen molar-refractivity contribution in [3.8, 4) is 0 Å². The Labute approximate surface area is 130 Å². The Hall–Kier alpha value is -0.670. The minimum atomic E-state index is -0.355. The minimum Gasteiger partial charge on any atom is -0.395 e. The monoisotopic (exact) mass is 340 g/mol. The summed E-state index contributed by atoms with van der Waals surface area (Å²) in [5, 5.41) is 9.59. The third-order valence-corrected chi connectivity index (χ3v) is 4.04. The van der Waals surface area contributed by atoms with Crippen molar-refractivity contribution in [3.05, 3.63) is 34.9 Å². The summed E-state index contributed by atoms with van der Waals surface area (Å²) in [5.41, 5.74) is 2.44. The second-order valence-electron chi connectivity index (χ2n) is 7.07. The highest BCUT2D eigenvalue weighted by molar-refractivity contribution is 9.10. The highest BCUT2D eigenvalue weighted by atomic mass is 79.9. The Morgan fingerprint density at radius 1 is 1.15 bits per heavy atom. The maximum Gasteiger partial charge on any atom is 0.176 e. The fourth-order valence-corrected chi connectivity index (χ4v) is 2.18. The molecule has 1 atom stereocenters. The van der Waals surface area contributed by atoms with Gasteiger partial charge in [-0.15, -0.1) is 0 Å². The maximum atomic E-state index is 12.3. The Kier molecular flexibility index (Phi) is 5.20. The lowest BCUT2D eigenvalue weighted by molar-refractivity contribution is 0.0995. The van der Waals surface area contributed by atoms with Crippen LogP contribution in [0, 0.1) is 0 Å². The molecule has 0 aliphatic carbocycles. The second-order valence-corrected chi connectivity index (χ2v) is 8.44. The van der Waals surface area contributed by atoms with Crippen LogP contribution in [0.25, 0.3) is 0 Å². The largest absolute Gasteiger partial charge is 0.395 e. The first-order chi connectivity index (χ1) is 8.99. The van der Waals surface area contributed by atoms with Gasteiger partial charge in [-0.3, -0.25) is 4.79 Å². The third-order valence-electron chi connectivity index (χ3n) is 3.62. The minimum absolute atomic E-state index is 0.0356. The number of aliphatic hydroxyl groups excluding tert-OH is 1. The molecular weight excluding hydrogens is 316 g/mol. The quantitative estimate of drug-likeness (QED) is 0.658. The molecule has 2 nitrogen and oxygen atoms in total. The van der Waals surface area contributed by atoms with Gasteiger partial charge in [0.1, 0.15) is 0 Å². The fraction of sp³-hybridized carbons (Fsp3) is 0.588. The standard InChI is InChI=1S/C17H25BrO2/c1-11(18)15(20)12-7-13(16(2,3)4)9-14(8-12)17(5,6)10-19/h7-9,11,19H,10H2,1-6H3/t11-/m1/s1. The molecule has 0 aromatic heterocycles. The Bertz CT molecular complexity index is 496. The first kappa shape index (κ1) is 17.4. The van der Waals surface area contributed by atoms with Gasteiger partial charge in [0.25, 0.3) is 0 Å². The van der Waals surface area contributed by atoms with Crippen LogP contribution in [-0.2, 0) is 10.8 Å². The molecule has 0 bridgehead atoms. The lowest BCUT2D eigenvalue weighted by atomic mass is 9.78. The van der Waals surface area contributed by atoms with E-state index in [0.717, 1.165) is 11.1 Å². The summed E-state index contributed by atoms with van der Waals surface area (Å²) < 4.78 is 0. The van der Waals surface area contributed by atoms with Crippen LogP contribution in [0.4, 0.5) is 0 Å². The number of benzene rings is 1. The zero-order valence-electron chi connectivity index (χ0n) is 13.2. The van der Waals surface area contributed by atoms with E-state index in [9.17, 15) is 9.90 Å². The molecule has 0 unspecified atom stereocenters. The second kappa shape index (κ2) is 5.98. The van der Waals surface area contributed by atoms with Crippen molar-refractivity contribution in [2.24, 2.45) is 0 Å². The SMILES string of the molecule is C[C@@H](Br)C(=O)c1cc(C(C)(C)C)cc(C(C)(C)CO)c1. The number of carbonyl (C=O) groups excluding carboxylic acids is 1. The molecule has 112 valence electrons. The van der Waals surface area contributed by atoms with Gasteiger partial charge in [0.05, 0.1) is 11.4 Å². The predicted molar refractivity (Wildman–Crippen MR) is 88.0 cm³/mol. The van der Waals surface area contributed by atoms with Gasteiger partial charge in [-0.1, -0.05) is 56.6 Å². The summed E-state index contributed by atoms with van der Waals surface area (Å²) in [4.78, 5) is 12.1. The number of halogens is 1. The summed E-state index contributed by atoms with van der Waals surface area (Å²) in [6.45, 7) is 12.2. The molecule has 1 N–H and O–H groups in total. The summed E-state index contributed by atoms with van der Waals surface area (Å²) in [6, 6.07) is 5.98. The number of ketones is 1. The molecule has 20 heavy (non-hydrogen) atoms. The Morgan fingerprint density at radius 2 is 1.65 bits per heavy atom. The molecule has 0 heterocycles. The summed E-state index contributed by atoms with van der Waals surface area (Å²) >= 11 is 3.34. The van der Waals surface area contributed by atoms with Crippen LogP contribution in [0.15, 0.2) is 18.2 Å². The van der Waals surface area contributed by atoms with Crippen LogP contribution in [0.1, 0.15) is 63.0 Å². The number of hydrogen-bond acceptors (Lipinski definition) is 2. The normalized spacial score (nSPS) is 14.2. The van der Waals surface area contributed by atoms with Crippen molar-refractivity contribution in [3.63, 3.8) is 0 Å². The third kappa shape index (κ3) is 3.92. The molecule has 1 rings (SSSR count). The molecule has 1 aromatic rings. The zero-order chi connectivity index (χ0) is 15.7. The van der Waals surface area contributed by atoms with Gasteiger partial charge in [0.15, 0.2) is 5.78 Å². The van der Waals surface area contributed by atoms with E-state index < -0.39 is 0 Å². The first-order valence-corrected chi connectivity index (χ1v) is 7.86. The van der Waals surface area contributed by atoms with Crippen LogP contribution in [0.2, 0.25) is 0 Å². The average molecular weight is 341 g/mol. The number of aliphatic hydroxyl groups is 1. The molecular formula is C17H25BrO2. The summed E-state index contributed by atoms with van der Waals surface area (Å²) in [6.07, 6.45) is 0. The van der Waals surface area contributed by atoms with Crippen molar-refractivity contribution in [1.29, 1.82) is 0 Å². The molecule has 0 aliphatic rings. The summed E-state index contributed by atoms with van der Waals surface area (Å²) in [7, 11) is 0. The van der Waals surface area contributed by atoms with Crippen molar-refractivity contribution in [2.45, 2.75) is 57.2 Å². The average Bonchev–Trinajstić information content (AvgIpc) is 2.36. The first-order valence-electron chi connectivity index (χ1n) is 6.94. The number of hydrogen-bond donors (Lipinski definition) is 1. The number of rotatable bonds is 4. The molecule has 0 radical (unpaired) electrons. The van der Waals surface area contributed by atoms with Gasteiger partial charge in [0, 0.05) is 11.0 Å². The zero-order valence-corrected chi connectivity index (χ0v) is 14.8.